The van der Waals surface area contributed by atoms with Crippen LogP contribution in [0.5, 0.6) is 5.75 Å². The number of hydrogen-bond donors (Lipinski definition) is 2. The Morgan fingerprint density at radius 1 is 1.10 bits per heavy atom. The number of benzene rings is 2. The van der Waals surface area contributed by atoms with Crippen LogP contribution in [0.2, 0.25) is 0 Å². The molecule has 2 aromatic carbocycles. The van der Waals surface area contributed by atoms with E-state index in [0.717, 1.165) is 27.7 Å². The minimum atomic E-state index is -3.55. The van der Waals surface area contributed by atoms with Gasteiger partial charge in [0, 0.05) is 34.7 Å². The van der Waals surface area contributed by atoms with E-state index in [2.05, 4.69) is 33.4 Å². The summed E-state index contributed by atoms with van der Waals surface area (Å²) in [7, 11) is -3.55. The molecule has 3 atom stereocenters. The molecular weight excluding hydrogens is 468 g/mol. The van der Waals surface area contributed by atoms with Crippen molar-refractivity contribution in [3.8, 4) is 5.75 Å². The zero-order valence-electron chi connectivity index (χ0n) is 16.3. The average molecular weight is 491 g/mol. The van der Waals surface area contributed by atoms with Crippen LogP contribution < -0.4 is 5.32 Å². The molecule has 1 fully saturated rings. The molecule has 158 valence electrons. The van der Waals surface area contributed by atoms with Gasteiger partial charge in [-0.25, -0.2) is 8.42 Å². The third-order valence-electron chi connectivity index (χ3n) is 6.27. The van der Waals surface area contributed by atoms with Crippen molar-refractivity contribution < 1.29 is 18.3 Å². The minimum Gasteiger partial charge on any atom is -0.508 e. The molecule has 1 saturated heterocycles. The molecule has 30 heavy (non-hydrogen) atoms. The molecule has 2 aromatic rings. The lowest BCUT2D eigenvalue weighted by Gasteiger charge is -2.38. The summed E-state index contributed by atoms with van der Waals surface area (Å²) in [5, 5.41) is 14.0. The summed E-state index contributed by atoms with van der Waals surface area (Å²) >= 11 is 3.50. The second-order valence-corrected chi connectivity index (χ2v) is 10.8. The second kappa shape index (κ2) is 7.67. The van der Waals surface area contributed by atoms with Crippen LogP contribution in [0.3, 0.4) is 0 Å². The van der Waals surface area contributed by atoms with E-state index in [1.807, 2.05) is 24.3 Å². The number of phenols is 1. The normalized spacial score (nSPS) is 26.1. The SMILES string of the molecule is O=S(=O)(c1ccc2c(c1)C1C=CCC1C(c1cc(Br)ccc1O)N2)N1CCOCC1. The number of phenolic OH excluding ortho intramolecular Hbond substituents is 1. The third kappa shape index (κ3) is 3.36. The van der Waals surface area contributed by atoms with Crippen LogP contribution in [-0.4, -0.2) is 44.1 Å². The van der Waals surface area contributed by atoms with Crippen molar-refractivity contribution in [1.29, 1.82) is 0 Å². The highest BCUT2D eigenvalue weighted by Gasteiger charge is 2.40. The molecule has 1 aliphatic carbocycles. The van der Waals surface area contributed by atoms with Gasteiger partial charge in [0.2, 0.25) is 10.0 Å². The van der Waals surface area contributed by atoms with Gasteiger partial charge in [-0.15, -0.1) is 0 Å². The highest BCUT2D eigenvalue weighted by Crippen LogP contribution is 2.51. The van der Waals surface area contributed by atoms with Crippen molar-refractivity contribution in [1.82, 2.24) is 4.31 Å². The molecular formula is C22H23BrN2O4S. The van der Waals surface area contributed by atoms with Gasteiger partial charge in [0.25, 0.3) is 0 Å². The molecule has 0 amide bonds. The van der Waals surface area contributed by atoms with Gasteiger partial charge in [0.05, 0.1) is 24.2 Å². The van der Waals surface area contributed by atoms with Crippen molar-refractivity contribution in [2.45, 2.75) is 23.3 Å². The molecule has 5 rings (SSSR count). The van der Waals surface area contributed by atoms with Crippen molar-refractivity contribution >= 4 is 31.6 Å². The van der Waals surface area contributed by atoms with Gasteiger partial charge < -0.3 is 15.2 Å². The van der Waals surface area contributed by atoms with Crippen LogP contribution in [0.25, 0.3) is 0 Å². The number of nitrogens with zero attached hydrogens (tertiary/aromatic N) is 1. The summed E-state index contributed by atoms with van der Waals surface area (Å²) in [5.74, 6) is 0.569. The summed E-state index contributed by atoms with van der Waals surface area (Å²) < 4.78 is 34.0. The van der Waals surface area contributed by atoms with E-state index in [-0.39, 0.29) is 23.6 Å². The number of halogens is 1. The summed E-state index contributed by atoms with van der Waals surface area (Å²) in [6.07, 6.45) is 5.18. The summed E-state index contributed by atoms with van der Waals surface area (Å²) in [4.78, 5) is 0.327. The number of hydrogen-bond acceptors (Lipinski definition) is 5. The summed E-state index contributed by atoms with van der Waals surface area (Å²) in [5.41, 5.74) is 2.75. The maximum absolute atomic E-state index is 13.1. The highest BCUT2D eigenvalue weighted by atomic mass is 79.9. The molecule has 0 aromatic heterocycles. The van der Waals surface area contributed by atoms with Crippen molar-refractivity contribution in [3.05, 3.63) is 64.1 Å². The first-order valence-corrected chi connectivity index (χ1v) is 12.3. The zero-order chi connectivity index (χ0) is 20.9. The summed E-state index contributed by atoms with van der Waals surface area (Å²) in [6, 6.07) is 10.8. The third-order valence-corrected chi connectivity index (χ3v) is 8.65. The number of fused-ring (bicyclic) bond motifs is 3. The van der Waals surface area contributed by atoms with Gasteiger partial charge in [-0.05, 0) is 54.3 Å². The minimum absolute atomic E-state index is 0.0586. The van der Waals surface area contributed by atoms with Crippen LogP contribution >= 0.6 is 15.9 Å². The fourth-order valence-corrected chi connectivity index (χ4v) is 6.57. The Labute approximate surface area is 184 Å². The first kappa shape index (κ1) is 20.1. The number of anilines is 1. The lowest BCUT2D eigenvalue weighted by atomic mass is 9.77. The van der Waals surface area contributed by atoms with E-state index in [1.54, 1.807) is 12.1 Å². The van der Waals surface area contributed by atoms with E-state index in [9.17, 15) is 13.5 Å². The zero-order valence-corrected chi connectivity index (χ0v) is 18.7. The Balaban J connectivity index is 1.53. The molecule has 0 saturated carbocycles. The van der Waals surface area contributed by atoms with Crippen molar-refractivity contribution in [2.24, 2.45) is 5.92 Å². The van der Waals surface area contributed by atoms with E-state index in [4.69, 9.17) is 4.74 Å². The van der Waals surface area contributed by atoms with E-state index >= 15 is 0 Å². The predicted octanol–water partition coefficient (Wildman–Crippen LogP) is 4.00. The Bertz CT molecular complexity index is 1110. The van der Waals surface area contributed by atoms with Gasteiger partial charge in [-0.3, -0.25) is 0 Å². The Morgan fingerprint density at radius 3 is 2.70 bits per heavy atom. The van der Waals surface area contributed by atoms with Crippen molar-refractivity contribution in [3.63, 3.8) is 0 Å². The Kier molecular flexibility index (Phi) is 5.13. The van der Waals surface area contributed by atoms with Crippen LogP contribution in [0, 0.1) is 5.92 Å². The molecule has 3 unspecified atom stereocenters. The molecule has 0 radical (unpaired) electrons. The van der Waals surface area contributed by atoms with Crippen LogP contribution in [0.1, 0.15) is 29.5 Å². The molecule has 2 N–H and O–H groups in total. The molecule has 0 spiro atoms. The monoisotopic (exact) mass is 490 g/mol. The molecule has 0 bridgehead atoms. The standard InChI is InChI=1S/C22H23BrN2O4S/c23-14-4-7-21(26)19(12-14)22-17-3-1-2-16(17)18-13-15(5-6-20(18)24-22)30(27,28)25-8-10-29-11-9-25/h1-2,4-7,12-13,16-17,22,24,26H,3,8-11H2. The quantitative estimate of drug-likeness (QED) is 0.635. The number of sulfonamides is 1. The predicted molar refractivity (Wildman–Crippen MR) is 118 cm³/mol. The maximum atomic E-state index is 13.1. The van der Waals surface area contributed by atoms with Gasteiger partial charge >= 0.3 is 0 Å². The van der Waals surface area contributed by atoms with E-state index in [1.165, 1.54) is 4.31 Å². The maximum Gasteiger partial charge on any atom is 0.243 e. The summed E-state index contributed by atoms with van der Waals surface area (Å²) in [6.45, 7) is 1.62. The average Bonchev–Trinajstić information content (AvgIpc) is 3.25. The van der Waals surface area contributed by atoms with Crippen LogP contribution in [-0.2, 0) is 14.8 Å². The molecule has 3 aliphatic rings. The number of allylic oxidation sites excluding steroid dienone is 2. The van der Waals surface area contributed by atoms with Gasteiger partial charge in [0.15, 0.2) is 0 Å². The van der Waals surface area contributed by atoms with E-state index in [0.29, 0.717) is 31.2 Å². The molecule has 8 heteroatoms. The first-order valence-electron chi connectivity index (χ1n) is 10.1. The fraction of sp³-hybridized carbons (Fsp3) is 0.364. The van der Waals surface area contributed by atoms with Crippen LogP contribution in [0.4, 0.5) is 5.69 Å². The molecule has 6 nitrogen and oxygen atoms in total. The van der Waals surface area contributed by atoms with Gasteiger partial charge in [-0.2, -0.15) is 4.31 Å². The number of ether oxygens (including phenoxy) is 1. The number of nitrogens with one attached hydrogen (secondary N) is 1. The smallest absolute Gasteiger partial charge is 0.243 e. The lowest BCUT2D eigenvalue weighted by molar-refractivity contribution is 0.0730. The van der Waals surface area contributed by atoms with Crippen LogP contribution in [0.15, 0.2) is 57.9 Å². The largest absolute Gasteiger partial charge is 0.508 e. The molecule has 2 aliphatic heterocycles. The number of aromatic hydroxyl groups is 1. The topological polar surface area (TPSA) is 78.9 Å². The van der Waals surface area contributed by atoms with E-state index < -0.39 is 10.0 Å². The fourth-order valence-electron chi connectivity index (χ4n) is 4.75. The Hall–Kier alpha value is -1.87. The number of rotatable bonds is 3. The first-order chi connectivity index (χ1) is 14.4. The van der Waals surface area contributed by atoms with Gasteiger partial charge in [-0.1, -0.05) is 28.1 Å². The Morgan fingerprint density at radius 2 is 1.90 bits per heavy atom. The highest BCUT2D eigenvalue weighted by molar-refractivity contribution is 9.10. The second-order valence-electron chi connectivity index (χ2n) is 7.94. The molecule has 2 heterocycles. The van der Waals surface area contributed by atoms with Crippen molar-refractivity contribution in [2.75, 3.05) is 31.6 Å². The van der Waals surface area contributed by atoms with Gasteiger partial charge in [0.1, 0.15) is 5.75 Å². The lowest BCUT2D eigenvalue weighted by Crippen LogP contribution is -2.40. The number of morpholine rings is 1.